The fourth-order valence-corrected chi connectivity index (χ4v) is 1.03. The van der Waals surface area contributed by atoms with E-state index in [1.807, 2.05) is 0 Å². The zero-order valence-electron chi connectivity index (χ0n) is 7.61. The maximum absolute atomic E-state index is 11.3. The summed E-state index contributed by atoms with van der Waals surface area (Å²) in [5.74, 6) is -1.91. The number of rotatable bonds is 3. The van der Waals surface area contributed by atoms with Crippen molar-refractivity contribution in [2.75, 3.05) is 5.32 Å². The summed E-state index contributed by atoms with van der Waals surface area (Å²) < 4.78 is 0. The molecule has 5 heteroatoms. The lowest BCUT2D eigenvalue weighted by atomic mass is 10.3. The Balaban J connectivity index is 2.68. The Bertz CT molecular complexity index is 400. The molecule has 0 aromatic heterocycles. The quantitative estimate of drug-likeness (QED) is 0.772. The molecule has 1 aromatic rings. The first-order chi connectivity index (χ1) is 7.09. The molecule has 2 N–H and O–H groups in total. The van der Waals surface area contributed by atoms with Crippen molar-refractivity contribution in [1.82, 2.24) is 0 Å². The lowest BCUT2D eigenvalue weighted by Gasteiger charge is -2.02. The minimum absolute atomic E-state index is 0.369. The van der Waals surface area contributed by atoms with Crippen molar-refractivity contribution < 1.29 is 14.7 Å². The molecule has 15 heavy (non-hydrogen) atoms. The molecule has 0 radical (unpaired) electrons. The molecule has 0 aliphatic carbocycles. The van der Waals surface area contributed by atoms with E-state index in [2.05, 4.69) is 5.32 Å². The van der Waals surface area contributed by atoms with Crippen molar-refractivity contribution in [3.8, 4) is 0 Å². The van der Waals surface area contributed by atoms with Gasteiger partial charge in [0.1, 0.15) is 5.03 Å². The van der Waals surface area contributed by atoms with Gasteiger partial charge in [0.05, 0.1) is 0 Å². The fraction of sp³-hybridized carbons (Fsp3) is 0. The highest BCUT2D eigenvalue weighted by atomic mass is 35.5. The molecule has 1 aromatic carbocycles. The average Bonchev–Trinajstić information content (AvgIpc) is 2.18. The molecular formula is C10H8ClNO3. The van der Waals surface area contributed by atoms with Crippen LogP contribution in [0.15, 0.2) is 41.4 Å². The molecule has 0 heterocycles. The lowest BCUT2D eigenvalue weighted by molar-refractivity contribution is -0.131. The van der Waals surface area contributed by atoms with Gasteiger partial charge in [-0.25, -0.2) is 4.79 Å². The van der Waals surface area contributed by atoms with Gasteiger partial charge in [-0.05, 0) is 12.1 Å². The number of anilines is 1. The smallest absolute Gasteiger partial charge is 0.330 e. The minimum atomic E-state index is -1.26. The Morgan fingerprint density at radius 3 is 2.40 bits per heavy atom. The van der Waals surface area contributed by atoms with E-state index < -0.39 is 11.9 Å². The number of carboxylic acid groups (broad SMARTS) is 1. The van der Waals surface area contributed by atoms with Gasteiger partial charge >= 0.3 is 5.97 Å². The third-order valence-electron chi connectivity index (χ3n) is 1.50. The number of carbonyl (C=O) groups excluding carboxylic acids is 1. The van der Waals surface area contributed by atoms with Crippen LogP contribution in [0.25, 0.3) is 0 Å². The number of benzene rings is 1. The van der Waals surface area contributed by atoms with Gasteiger partial charge in [-0.3, -0.25) is 4.79 Å². The van der Waals surface area contributed by atoms with Crippen LogP contribution in [0.2, 0.25) is 0 Å². The summed E-state index contributed by atoms with van der Waals surface area (Å²) in [6.07, 6.45) is 0.639. The molecule has 0 aliphatic rings. The largest absolute Gasteiger partial charge is 0.478 e. The van der Waals surface area contributed by atoms with Crippen LogP contribution in [0.1, 0.15) is 0 Å². The summed E-state index contributed by atoms with van der Waals surface area (Å²) in [4.78, 5) is 21.5. The second kappa shape index (κ2) is 5.17. The predicted octanol–water partition coefficient (Wildman–Crippen LogP) is 1.83. The normalized spacial score (nSPS) is 10.9. The third-order valence-corrected chi connectivity index (χ3v) is 1.78. The monoisotopic (exact) mass is 225 g/mol. The Labute approximate surface area is 91.2 Å². The highest BCUT2D eigenvalue weighted by Gasteiger charge is 2.08. The standard InChI is InChI=1S/C10H8ClNO3/c11-8(6-9(13)14)10(15)12-7-4-2-1-3-5-7/h1-6H,(H,12,15)(H,13,14)/b8-6-. The van der Waals surface area contributed by atoms with Gasteiger partial charge in [-0.1, -0.05) is 29.8 Å². The van der Waals surface area contributed by atoms with Gasteiger partial charge in [-0.15, -0.1) is 0 Å². The van der Waals surface area contributed by atoms with Gasteiger partial charge in [0.25, 0.3) is 5.91 Å². The van der Waals surface area contributed by atoms with Gasteiger partial charge in [0.15, 0.2) is 0 Å². The third kappa shape index (κ3) is 3.83. The minimum Gasteiger partial charge on any atom is -0.478 e. The number of carboxylic acids is 1. The first-order valence-electron chi connectivity index (χ1n) is 4.06. The number of amides is 1. The molecule has 0 saturated heterocycles. The van der Waals surface area contributed by atoms with Crippen molar-refractivity contribution in [2.24, 2.45) is 0 Å². The van der Waals surface area contributed by atoms with E-state index in [0.717, 1.165) is 0 Å². The number of para-hydroxylation sites is 1. The van der Waals surface area contributed by atoms with Crippen LogP contribution in [0, 0.1) is 0 Å². The number of hydrogen-bond acceptors (Lipinski definition) is 2. The molecule has 0 saturated carbocycles. The summed E-state index contributed by atoms with van der Waals surface area (Å²) in [7, 11) is 0. The average molecular weight is 226 g/mol. The van der Waals surface area contributed by atoms with Crippen LogP contribution >= 0.6 is 11.6 Å². The second-order valence-corrected chi connectivity index (χ2v) is 3.06. The first-order valence-corrected chi connectivity index (χ1v) is 4.44. The molecule has 1 amide bonds. The highest BCUT2D eigenvalue weighted by molar-refractivity contribution is 6.44. The molecule has 0 fully saturated rings. The summed E-state index contributed by atoms with van der Waals surface area (Å²) in [5, 5.41) is 10.4. The number of hydrogen-bond donors (Lipinski definition) is 2. The molecule has 1 rings (SSSR count). The van der Waals surface area contributed by atoms with Crippen molar-refractivity contribution in [1.29, 1.82) is 0 Å². The molecule has 0 aliphatic heterocycles. The number of halogens is 1. The maximum atomic E-state index is 11.3. The van der Waals surface area contributed by atoms with Crippen molar-refractivity contribution in [2.45, 2.75) is 0 Å². The predicted molar refractivity (Wildman–Crippen MR) is 56.6 cm³/mol. The second-order valence-electron chi connectivity index (χ2n) is 2.65. The van der Waals surface area contributed by atoms with E-state index in [1.165, 1.54) is 0 Å². The van der Waals surface area contributed by atoms with E-state index >= 15 is 0 Å². The number of carbonyl (C=O) groups is 2. The van der Waals surface area contributed by atoms with Crippen LogP contribution in [0.5, 0.6) is 0 Å². The summed E-state index contributed by atoms with van der Waals surface area (Å²) in [6.45, 7) is 0. The van der Waals surface area contributed by atoms with Gasteiger partial charge in [0.2, 0.25) is 0 Å². The summed E-state index contributed by atoms with van der Waals surface area (Å²) in [6, 6.07) is 8.62. The van der Waals surface area contributed by atoms with E-state index in [4.69, 9.17) is 16.7 Å². The molecule has 4 nitrogen and oxygen atoms in total. The highest BCUT2D eigenvalue weighted by Crippen LogP contribution is 2.09. The van der Waals surface area contributed by atoms with Crippen molar-refractivity contribution in [3.05, 3.63) is 41.4 Å². The van der Waals surface area contributed by atoms with Crippen LogP contribution in [-0.2, 0) is 9.59 Å². The zero-order valence-corrected chi connectivity index (χ0v) is 8.36. The molecule has 0 bridgehead atoms. The zero-order chi connectivity index (χ0) is 11.3. The molecular weight excluding hydrogens is 218 g/mol. The fourth-order valence-electron chi connectivity index (χ4n) is 0.886. The Morgan fingerprint density at radius 2 is 1.87 bits per heavy atom. The van der Waals surface area contributed by atoms with Crippen LogP contribution in [-0.4, -0.2) is 17.0 Å². The summed E-state index contributed by atoms with van der Waals surface area (Å²) in [5.41, 5.74) is 0.555. The van der Waals surface area contributed by atoms with Crippen molar-refractivity contribution in [3.63, 3.8) is 0 Å². The summed E-state index contributed by atoms with van der Waals surface area (Å²) >= 11 is 5.44. The van der Waals surface area contributed by atoms with Gasteiger partial charge in [-0.2, -0.15) is 0 Å². The Kier molecular flexibility index (Phi) is 3.88. The van der Waals surface area contributed by atoms with Crippen molar-refractivity contribution >= 4 is 29.2 Å². The molecule has 0 atom stereocenters. The SMILES string of the molecule is O=C(O)/C=C(\Cl)C(=O)Nc1ccccc1. The Hall–Kier alpha value is -1.81. The van der Waals surface area contributed by atoms with Crippen LogP contribution in [0.4, 0.5) is 5.69 Å². The first kappa shape index (κ1) is 11.3. The topological polar surface area (TPSA) is 66.4 Å². The molecule has 0 spiro atoms. The van der Waals surface area contributed by atoms with Gasteiger partial charge in [0, 0.05) is 11.8 Å². The number of aliphatic carboxylic acids is 1. The van der Waals surface area contributed by atoms with Gasteiger partial charge < -0.3 is 10.4 Å². The molecule has 78 valence electrons. The number of nitrogens with one attached hydrogen (secondary N) is 1. The maximum Gasteiger partial charge on any atom is 0.330 e. The van der Waals surface area contributed by atoms with Crippen LogP contribution < -0.4 is 5.32 Å². The molecule has 0 unspecified atom stereocenters. The Morgan fingerprint density at radius 1 is 1.27 bits per heavy atom. The van der Waals surface area contributed by atoms with E-state index in [-0.39, 0.29) is 5.03 Å². The van der Waals surface area contributed by atoms with Crippen LogP contribution in [0.3, 0.4) is 0 Å². The van der Waals surface area contributed by atoms with E-state index in [0.29, 0.717) is 11.8 Å². The lowest BCUT2D eigenvalue weighted by Crippen LogP contribution is -2.12. The van der Waals surface area contributed by atoms with E-state index in [9.17, 15) is 9.59 Å². The van der Waals surface area contributed by atoms with E-state index in [1.54, 1.807) is 30.3 Å².